The second kappa shape index (κ2) is 14.3. The van der Waals surface area contributed by atoms with Crippen molar-refractivity contribution in [2.45, 2.75) is 64.7 Å². The molecule has 1 aromatic rings. The predicted octanol–water partition coefficient (Wildman–Crippen LogP) is 3.44. The molecule has 0 spiro atoms. The normalized spacial score (nSPS) is 19.5. The molecule has 0 bridgehead atoms. The Morgan fingerprint density at radius 3 is 2.00 bits per heavy atom. The topological polar surface area (TPSA) is 126 Å². The third-order valence-corrected chi connectivity index (χ3v) is 6.18. The van der Waals surface area contributed by atoms with E-state index in [0.717, 1.165) is 0 Å². The molecule has 206 valence electrons. The first kappa shape index (κ1) is 30.5. The van der Waals surface area contributed by atoms with Gasteiger partial charge in [0.05, 0.1) is 33.0 Å². The molecule has 0 saturated carbocycles. The lowest BCUT2D eigenvalue weighted by Crippen LogP contribution is -2.61. The quantitative estimate of drug-likeness (QED) is 0.173. The van der Waals surface area contributed by atoms with Gasteiger partial charge in [-0.2, -0.15) is 0 Å². The number of rotatable bonds is 13. The van der Waals surface area contributed by atoms with Gasteiger partial charge in [-0.25, -0.2) is 14.4 Å². The molecule has 1 aliphatic heterocycles. The summed E-state index contributed by atoms with van der Waals surface area (Å²) in [6.07, 6.45) is 1.60. The molecular weight excluding hydrogens is 506 g/mol. The van der Waals surface area contributed by atoms with Crippen molar-refractivity contribution in [3.8, 4) is 0 Å². The third kappa shape index (κ3) is 8.15. The van der Waals surface area contributed by atoms with Crippen molar-refractivity contribution in [2.24, 2.45) is 5.92 Å². The average Bonchev–Trinajstić information content (AvgIpc) is 2.87. The highest BCUT2D eigenvalue weighted by Gasteiger charge is 2.50. The summed E-state index contributed by atoms with van der Waals surface area (Å²) in [5.74, 6) is -4.40. The van der Waals surface area contributed by atoms with Crippen molar-refractivity contribution in [3.63, 3.8) is 0 Å². The zero-order valence-corrected chi connectivity index (χ0v) is 22.6. The molecule has 2 rings (SSSR count). The fourth-order valence-electron chi connectivity index (χ4n) is 3.84. The molecule has 1 N–H and O–H groups in total. The number of nitrogens with one attached hydrogen (secondary N) is 1. The van der Waals surface area contributed by atoms with Crippen LogP contribution in [-0.4, -0.2) is 68.2 Å². The van der Waals surface area contributed by atoms with Crippen LogP contribution in [0.2, 0.25) is 5.02 Å². The van der Waals surface area contributed by atoms with E-state index in [1.807, 2.05) is 0 Å². The first-order valence-corrected chi connectivity index (χ1v) is 12.9. The Balaban J connectivity index is 2.08. The van der Waals surface area contributed by atoms with Gasteiger partial charge in [0.1, 0.15) is 0 Å². The van der Waals surface area contributed by atoms with Crippen LogP contribution in [0.15, 0.2) is 24.3 Å². The van der Waals surface area contributed by atoms with Gasteiger partial charge >= 0.3 is 17.9 Å². The Labute approximate surface area is 222 Å². The van der Waals surface area contributed by atoms with Crippen molar-refractivity contribution in [2.75, 3.05) is 33.0 Å². The zero-order valence-electron chi connectivity index (χ0n) is 21.8. The van der Waals surface area contributed by atoms with Gasteiger partial charge in [0.25, 0.3) is 11.7 Å². The van der Waals surface area contributed by atoms with E-state index < -0.39 is 35.1 Å². The van der Waals surface area contributed by atoms with Crippen LogP contribution in [0.5, 0.6) is 0 Å². The van der Waals surface area contributed by atoms with Crippen LogP contribution in [0.1, 0.15) is 63.7 Å². The molecule has 1 fully saturated rings. The molecule has 0 atom stereocenters. The summed E-state index contributed by atoms with van der Waals surface area (Å²) in [6, 6.07) is 6.06. The molecule has 1 heterocycles. The van der Waals surface area contributed by atoms with E-state index in [-0.39, 0.29) is 37.7 Å². The number of carbonyl (C=O) groups excluding carboxylic acids is 4. The summed E-state index contributed by atoms with van der Waals surface area (Å²) >= 11 is 5.91. The first-order chi connectivity index (χ1) is 17.6. The van der Waals surface area contributed by atoms with Crippen LogP contribution in [0.25, 0.3) is 0 Å². The van der Waals surface area contributed by atoms with Crippen LogP contribution in [0.3, 0.4) is 0 Å². The lowest BCUT2D eigenvalue weighted by Gasteiger charge is -2.35. The van der Waals surface area contributed by atoms with Crippen LogP contribution in [-0.2, 0) is 38.1 Å². The average molecular weight is 542 g/mol. The number of hydrogen-bond acceptors (Lipinski definition) is 9. The summed E-state index contributed by atoms with van der Waals surface area (Å²) in [7, 11) is 0. The standard InChI is InChI=1S/C26H36ClNO9/c1-5-33-22(30)25(4)36-16-18(17-37-25)10-8-9-15-26(23(31)34-6-2,24(32)35-7-3)28-21(29)19-11-13-20(27)14-12-19/h11-14,18H,5-10,15-17H2,1-4H3,(H,28,29). The lowest BCUT2D eigenvalue weighted by atomic mass is 9.90. The van der Waals surface area contributed by atoms with Gasteiger partial charge in [-0.3, -0.25) is 4.79 Å². The summed E-state index contributed by atoms with van der Waals surface area (Å²) in [4.78, 5) is 51.1. The number of halogens is 1. The molecule has 0 radical (unpaired) electrons. The van der Waals surface area contributed by atoms with E-state index in [1.54, 1.807) is 20.8 Å². The minimum absolute atomic E-state index is 0.00532. The maximum atomic E-state index is 13.0. The number of ether oxygens (including phenoxy) is 5. The van der Waals surface area contributed by atoms with Crippen molar-refractivity contribution >= 4 is 35.4 Å². The molecule has 0 aromatic heterocycles. The molecular formula is C26H36ClNO9. The SMILES string of the molecule is CCOC(=O)C1(C)OCC(CCCCC(NC(=O)c2ccc(Cl)cc2)(C(=O)OCC)C(=O)OCC)CO1. The molecule has 1 aliphatic rings. The van der Waals surface area contributed by atoms with Gasteiger partial charge < -0.3 is 29.0 Å². The Hall–Kier alpha value is -2.69. The highest BCUT2D eigenvalue weighted by molar-refractivity contribution is 6.30. The first-order valence-electron chi connectivity index (χ1n) is 12.5. The largest absolute Gasteiger partial charge is 0.464 e. The van der Waals surface area contributed by atoms with E-state index in [9.17, 15) is 19.2 Å². The summed E-state index contributed by atoms with van der Waals surface area (Å²) < 4.78 is 26.6. The van der Waals surface area contributed by atoms with Crippen LogP contribution in [0, 0.1) is 5.92 Å². The smallest absolute Gasteiger partial charge is 0.366 e. The fraction of sp³-hybridized carbons (Fsp3) is 0.615. The predicted molar refractivity (Wildman–Crippen MR) is 134 cm³/mol. The number of esters is 3. The number of hydrogen-bond donors (Lipinski definition) is 1. The molecule has 1 amide bonds. The van der Waals surface area contributed by atoms with Crippen LogP contribution in [0.4, 0.5) is 0 Å². The lowest BCUT2D eigenvalue weighted by molar-refractivity contribution is -0.274. The summed E-state index contributed by atoms with van der Waals surface area (Å²) in [5, 5.41) is 3.02. The Kier molecular flexibility index (Phi) is 11.8. The molecule has 1 saturated heterocycles. The maximum absolute atomic E-state index is 13.0. The van der Waals surface area contributed by atoms with E-state index in [0.29, 0.717) is 37.5 Å². The van der Waals surface area contributed by atoms with Crippen molar-refractivity contribution < 1.29 is 42.9 Å². The Morgan fingerprint density at radius 2 is 1.49 bits per heavy atom. The van der Waals surface area contributed by atoms with Gasteiger partial charge in [-0.1, -0.05) is 18.0 Å². The van der Waals surface area contributed by atoms with Gasteiger partial charge in [0.2, 0.25) is 5.54 Å². The van der Waals surface area contributed by atoms with Crippen LogP contribution < -0.4 is 5.32 Å². The van der Waals surface area contributed by atoms with Gasteiger partial charge in [-0.15, -0.1) is 0 Å². The minimum Gasteiger partial charge on any atom is -0.464 e. The van der Waals surface area contributed by atoms with E-state index >= 15 is 0 Å². The summed E-state index contributed by atoms with van der Waals surface area (Å²) in [5.41, 5.74) is -1.78. The maximum Gasteiger partial charge on any atom is 0.366 e. The van der Waals surface area contributed by atoms with Crippen LogP contribution >= 0.6 is 11.6 Å². The monoisotopic (exact) mass is 541 g/mol. The molecule has 11 heteroatoms. The molecule has 10 nitrogen and oxygen atoms in total. The Bertz CT molecular complexity index is 908. The van der Waals surface area contributed by atoms with Crippen molar-refractivity contribution in [1.29, 1.82) is 0 Å². The second-order valence-electron chi connectivity index (χ2n) is 8.71. The molecule has 37 heavy (non-hydrogen) atoms. The number of benzene rings is 1. The third-order valence-electron chi connectivity index (χ3n) is 5.93. The molecule has 1 aromatic carbocycles. The van der Waals surface area contributed by atoms with E-state index in [4.69, 9.17) is 35.3 Å². The highest BCUT2D eigenvalue weighted by atomic mass is 35.5. The second-order valence-corrected chi connectivity index (χ2v) is 9.14. The number of carbonyl (C=O) groups is 4. The van der Waals surface area contributed by atoms with Gasteiger partial charge in [-0.05, 0) is 64.3 Å². The number of unbranched alkanes of at least 4 members (excludes halogenated alkanes) is 1. The minimum atomic E-state index is -2.01. The van der Waals surface area contributed by atoms with E-state index in [2.05, 4.69) is 5.32 Å². The zero-order chi connectivity index (χ0) is 27.5. The van der Waals surface area contributed by atoms with Gasteiger partial charge in [0, 0.05) is 23.4 Å². The Morgan fingerprint density at radius 1 is 0.946 bits per heavy atom. The van der Waals surface area contributed by atoms with Crippen molar-refractivity contribution in [1.82, 2.24) is 5.32 Å². The van der Waals surface area contributed by atoms with E-state index in [1.165, 1.54) is 31.2 Å². The molecule has 0 unspecified atom stereocenters. The fourth-order valence-corrected chi connectivity index (χ4v) is 3.97. The molecule has 0 aliphatic carbocycles. The van der Waals surface area contributed by atoms with Gasteiger partial charge in [0.15, 0.2) is 0 Å². The highest BCUT2D eigenvalue weighted by Crippen LogP contribution is 2.27. The number of amides is 1. The van der Waals surface area contributed by atoms with Crippen molar-refractivity contribution in [3.05, 3.63) is 34.9 Å². The summed E-state index contributed by atoms with van der Waals surface area (Å²) in [6.45, 7) is 7.31.